The highest BCUT2D eigenvalue weighted by Crippen LogP contribution is 2.16. The summed E-state index contributed by atoms with van der Waals surface area (Å²) < 4.78 is 14.8. The second kappa shape index (κ2) is 3.64. The number of fused-ring (bicyclic) bond motifs is 1. The van der Waals surface area contributed by atoms with Crippen molar-refractivity contribution in [3.63, 3.8) is 0 Å². The maximum atomic E-state index is 13.0. The Hall–Kier alpha value is -1.82. The van der Waals surface area contributed by atoms with Crippen LogP contribution in [0.3, 0.4) is 0 Å². The molecule has 2 aromatic rings. The van der Waals surface area contributed by atoms with Crippen LogP contribution < -0.4 is 5.32 Å². The number of nitrogens with zero attached hydrogens (tertiary/aromatic N) is 4. The molecule has 6 heteroatoms. The van der Waals surface area contributed by atoms with Gasteiger partial charge in [-0.1, -0.05) is 0 Å². The van der Waals surface area contributed by atoms with Crippen LogP contribution in [-0.4, -0.2) is 26.3 Å². The SMILES string of the molecule is Fc1cncc(-c2nc3n(n2)CCNC3)c1. The first-order valence-corrected chi connectivity index (χ1v) is 5.08. The van der Waals surface area contributed by atoms with E-state index in [1.165, 1.54) is 12.3 Å². The van der Waals surface area contributed by atoms with Crippen LogP contribution in [0.25, 0.3) is 11.4 Å². The molecule has 82 valence electrons. The number of halogens is 1. The molecule has 1 N–H and O–H groups in total. The van der Waals surface area contributed by atoms with Gasteiger partial charge in [0.15, 0.2) is 5.82 Å². The summed E-state index contributed by atoms with van der Waals surface area (Å²) in [5.41, 5.74) is 0.613. The minimum atomic E-state index is -0.372. The molecule has 0 aromatic carbocycles. The monoisotopic (exact) mass is 219 g/mol. The van der Waals surface area contributed by atoms with E-state index >= 15 is 0 Å². The third-order valence-electron chi connectivity index (χ3n) is 2.49. The van der Waals surface area contributed by atoms with Crippen LogP contribution in [0, 0.1) is 5.82 Å². The van der Waals surface area contributed by atoms with Crippen LogP contribution in [0.2, 0.25) is 0 Å². The van der Waals surface area contributed by atoms with Crippen molar-refractivity contribution in [3.8, 4) is 11.4 Å². The molecule has 5 nitrogen and oxygen atoms in total. The zero-order valence-electron chi connectivity index (χ0n) is 8.52. The van der Waals surface area contributed by atoms with Crippen molar-refractivity contribution in [2.75, 3.05) is 6.54 Å². The van der Waals surface area contributed by atoms with Crippen LogP contribution in [0.5, 0.6) is 0 Å². The minimum Gasteiger partial charge on any atom is -0.308 e. The van der Waals surface area contributed by atoms with Crippen molar-refractivity contribution < 1.29 is 4.39 Å². The molecule has 0 atom stereocenters. The second-order valence-electron chi connectivity index (χ2n) is 3.64. The van der Waals surface area contributed by atoms with E-state index in [9.17, 15) is 4.39 Å². The molecule has 2 aromatic heterocycles. The molecule has 0 amide bonds. The average Bonchev–Trinajstić information content (AvgIpc) is 2.72. The Morgan fingerprint density at radius 1 is 1.38 bits per heavy atom. The number of hydrogen-bond acceptors (Lipinski definition) is 4. The van der Waals surface area contributed by atoms with E-state index in [4.69, 9.17) is 0 Å². The zero-order valence-corrected chi connectivity index (χ0v) is 8.52. The number of nitrogens with one attached hydrogen (secondary N) is 1. The lowest BCUT2D eigenvalue weighted by atomic mass is 10.3. The standard InChI is InChI=1S/C10H10FN5/c11-8-3-7(4-13-5-8)10-14-9-6-12-1-2-16(9)15-10/h3-5,12H,1-2,6H2. The Kier molecular flexibility index (Phi) is 2.14. The van der Waals surface area contributed by atoms with Crippen molar-refractivity contribution in [3.05, 3.63) is 30.1 Å². The van der Waals surface area contributed by atoms with E-state index in [-0.39, 0.29) is 5.82 Å². The summed E-state index contributed by atoms with van der Waals surface area (Å²) in [6.07, 6.45) is 2.74. The molecule has 0 bridgehead atoms. The van der Waals surface area contributed by atoms with Crippen molar-refractivity contribution in [2.24, 2.45) is 0 Å². The third kappa shape index (κ3) is 1.57. The number of pyridine rings is 1. The summed E-state index contributed by atoms with van der Waals surface area (Å²) in [5.74, 6) is 1.04. The van der Waals surface area contributed by atoms with Crippen LogP contribution >= 0.6 is 0 Å². The summed E-state index contributed by atoms with van der Waals surface area (Å²) in [6, 6.07) is 1.39. The van der Waals surface area contributed by atoms with E-state index in [1.54, 1.807) is 6.20 Å². The zero-order chi connectivity index (χ0) is 11.0. The maximum absolute atomic E-state index is 13.0. The molecule has 0 fully saturated rings. The van der Waals surface area contributed by atoms with Crippen molar-refractivity contribution >= 4 is 0 Å². The maximum Gasteiger partial charge on any atom is 0.183 e. The fourth-order valence-electron chi connectivity index (χ4n) is 1.73. The Morgan fingerprint density at radius 2 is 2.31 bits per heavy atom. The van der Waals surface area contributed by atoms with E-state index in [0.29, 0.717) is 17.9 Å². The number of hydrogen-bond donors (Lipinski definition) is 1. The summed E-state index contributed by atoms with van der Waals surface area (Å²) in [6.45, 7) is 2.39. The van der Waals surface area contributed by atoms with Crippen molar-refractivity contribution in [1.82, 2.24) is 25.1 Å². The number of aromatic nitrogens is 4. The largest absolute Gasteiger partial charge is 0.308 e. The normalized spacial score (nSPS) is 14.8. The summed E-state index contributed by atoms with van der Waals surface area (Å²) in [7, 11) is 0. The van der Waals surface area contributed by atoms with Gasteiger partial charge in [0, 0.05) is 18.3 Å². The fraction of sp³-hybridized carbons (Fsp3) is 0.300. The van der Waals surface area contributed by atoms with E-state index in [1.807, 2.05) is 4.68 Å². The van der Waals surface area contributed by atoms with Gasteiger partial charge >= 0.3 is 0 Å². The highest BCUT2D eigenvalue weighted by Gasteiger charge is 2.14. The first kappa shape index (κ1) is 9.41. The van der Waals surface area contributed by atoms with Gasteiger partial charge in [0.2, 0.25) is 0 Å². The predicted octanol–water partition coefficient (Wildman–Crippen LogP) is 0.582. The molecular formula is C10H10FN5. The lowest BCUT2D eigenvalue weighted by Gasteiger charge is -2.11. The van der Waals surface area contributed by atoms with Crippen LogP contribution in [0.15, 0.2) is 18.5 Å². The van der Waals surface area contributed by atoms with Gasteiger partial charge < -0.3 is 5.32 Å². The molecule has 16 heavy (non-hydrogen) atoms. The molecule has 0 spiro atoms. The second-order valence-corrected chi connectivity index (χ2v) is 3.64. The topological polar surface area (TPSA) is 55.6 Å². The Labute approximate surface area is 91.3 Å². The van der Waals surface area contributed by atoms with E-state index in [2.05, 4.69) is 20.4 Å². The highest BCUT2D eigenvalue weighted by molar-refractivity contribution is 5.52. The molecule has 1 aliphatic heterocycles. The smallest absolute Gasteiger partial charge is 0.183 e. The molecule has 0 radical (unpaired) electrons. The van der Waals surface area contributed by atoms with E-state index < -0.39 is 0 Å². The first-order valence-electron chi connectivity index (χ1n) is 5.08. The van der Waals surface area contributed by atoms with Crippen LogP contribution in [-0.2, 0) is 13.1 Å². The fourth-order valence-corrected chi connectivity index (χ4v) is 1.73. The summed E-state index contributed by atoms with van der Waals surface area (Å²) >= 11 is 0. The Bertz CT molecular complexity index is 498. The summed E-state index contributed by atoms with van der Waals surface area (Å²) in [4.78, 5) is 8.13. The molecular weight excluding hydrogens is 209 g/mol. The average molecular weight is 219 g/mol. The molecule has 0 aliphatic carbocycles. The van der Waals surface area contributed by atoms with Crippen LogP contribution in [0.4, 0.5) is 4.39 Å². The minimum absolute atomic E-state index is 0.372. The first-order chi connectivity index (χ1) is 7.83. The Balaban J connectivity index is 2.03. The predicted molar refractivity (Wildman–Crippen MR) is 54.9 cm³/mol. The molecule has 1 aliphatic rings. The van der Waals surface area contributed by atoms with Gasteiger partial charge in [-0.3, -0.25) is 4.98 Å². The Morgan fingerprint density at radius 3 is 3.12 bits per heavy atom. The van der Waals surface area contributed by atoms with Crippen molar-refractivity contribution in [1.29, 1.82) is 0 Å². The van der Waals surface area contributed by atoms with Gasteiger partial charge in [0.25, 0.3) is 0 Å². The van der Waals surface area contributed by atoms with Crippen LogP contribution in [0.1, 0.15) is 5.82 Å². The van der Waals surface area contributed by atoms with Gasteiger partial charge in [-0.15, -0.1) is 0 Å². The third-order valence-corrected chi connectivity index (χ3v) is 2.49. The molecule has 0 saturated heterocycles. The summed E-state index contributed by atoms with van der Waals surface area (Å²) in [5, 5.41) is 7.53. The quantitative estimate of drug-likeness (QED) is 0.762. The van der Waals surface area contributed by atoms with Gasteiger partial charge in [-0.05, 0) is 6.07 Å². The molecule has 3 rings (SSSR count). The molecule has 0 unspecified atom stereocenters. The highest BCUT2D eigenvalue weighted by atomic mass is 19.1. The van der Waals surface area contributed by atoms with Gasteiger partial charge in [0.1, 0.15) is 11.6 Å². The lowest BCUT2D eigenvalue weighted by molar-refractivity contribution is 0.469. The van der Waals surface area contributed by atoms with E-state index in [0.717, 1.165) is 18.9 Å². The lowest BCUT2D eigenvalue weighted by Crippen LogP contribution is -2.28. The molecule has 0 saturated carbocycles. The van der Waals surface area contributed by atoms with Crippen molar-refractivity contribution in [2.45, 2.75) is 13.1 Å². The van der Waals surface area contributed by atoms with Gasteiger partial charge in [-0.2, -0.15) is 5.10 Å². The number of rotatable bonds is 1. The molecule has 3 heterocycles. The van der Waals surface area contributed by atoms with Gasteiger partial charge in [-0.25, -0.2) is 14.1 Å². The van der Waals surface area contributed by atoms with Gasteiger partial charge in [0.05, 0.1) is 19.3 Å².